The van der Waals surface area contributed by atoms with E-state index in [0.717, 1.165) is 25.5 Å². The zero-order chi connectivity index (χ0) is 13.4. The number of fused-ring (bicyclic) bond motifs is 1. The van der Waals surface area contributed by atoms with Gasteiger partial charge in [-0.25, -0.2) is 4.98 Å². The van der Waals surface area contributed by atoms with Crippen molar-refractivity contribution in [3.63, 3.8) is 0 Å². The molecule has 0 saturated carbocycles. The number of rotatable bonds is 2. The van der Waals surface area contributed by atoms with Crippen LogP contribution in [0.2, 0.25) is 10.0 Å². The molecule has 19 heavy (non-hydrogen) atoms. The van der Waals surface area contributed by atoms with Crippen LogP contribution in [0, 0.1) is 0 Å². The van der Waals surface area contributed by atoms with Crippen LogP contribution >= 0.6 is 50.5 Å². The number of nitrogens with one attached hydrogen (secondary N) is 1. The number of halogens is 3. The lowest BCUT2D eigenvalue weighted by Crippen LogP contribution is -1.90. The number of hydrogen-bond acceptors (Lipinski definition) is 3. The van der Waals surface area contributed by atoms with Crippen LogP contribution in [-0.4, -0.2) is 4.98 Å². The minimum Gasteiger partial charge on any atom is -0.330 e. The Kier molecular flexibility index (Phi) is 3.67. The van der Waals surface area contributed by atoms with Crippen molar-refractivity contribution in [1.29, 1.82) is 0 Å². The van der Waals surface area contributed by atoms with E-state index in [4.69, 9.17) is 23.2 Å². The van der Waals surface area contributed by atoms with Crippen LogP contribution < -0.4 is 5.32 Å². The number of benzene rings is 2. The van der Waals surface area contributed by atoms with E-state index in [0.29, 0.717) is 10.0 Å². The molecule has 0 aliphatic rings. The fraction of sp³-hybridized carbons (Fsp3) is 0. The lowest BCUT2D eigenvalue weighted by Gasteiger charge is -2.05. The van der Waals surface area contributed by atoms with Gasteiger partial charge in [-0.2, -0.15) is 0 Å². The van der Waals surface area contributed by atoms with E-state index in [1.54, 1.807) is 0 Å². The molecule has 6 heteroatoms. The van der Waals surface area contributed by atoms with Crippen molar-refractivity contribution in [1.82, 2.24) is 4.98 Å². The molecule has 0 atom stereocenters. The molecule has 0 spiro atoms. The van der Waals surface area contributed by atoms with Gasteiger partial charge in [-0.15, -0.1) is 0 Å². The smallest absolute Gasteiger partial charge is 0.188 e. The minimum absolute atomic E-state index is 0.647. The molecule has 1 aromatic heterocycles. The van der Waals surface area contributed by atoms with E-state index in [1.165, 1.54) is 11.3 Å². The Labute approximate surface area is 132 Å². The van der Waals surface area contributed by atoms with Crippen molar-refractivity contribution >= 4 is 71.5 Å². The molecule has 3 aromatic rings. The first-order chi connectivity index (χ1) is 9.13. The van der Waals surface area contributed by atoms with Crippen LogP contribution in [0.25, 0.3) is 10.2 Å². The highest BCUT2D eigenvalue weighted by Crippen LogP contribution is 2.35. The molecule has 0 radical (unpaired) electrons. The van der Waals surface area contributed by atoms with Crippen molar-refractivity contribution in [3.8, 4) is 0 Å². The molecule has 0 fully saturated rings. The lowest BCUT2D eigenvalue weighted by molar-refractivity contribution is 1.44. The Morgan fingerprint density at radius 3 is 2.74 bits per heavy atom. The van der Waals surface area contributed by atoms with Crippen molar-refractivity contribution < 1.29 is 0 Å². The van der Waals surface area contributed by atoms with E-state index in [9.17, 15) is 0 Å². The Bertz CT molecular complexity index is 757. The molecule has 0 aliphatic heterocycles. The number of aromatic nitrogens is 1. The second kappa shape index (κ2) is 5.29. The highest BCUT2D eigenvalue weighted by molar-refractivity contribution is 9.10. The molecule has 96 valence electrons. The summed E-state index contributed by atoms with van der Waals surface area (Å²) in [6.07, 6.45) is 0. The molecular weight excluding hydrogens is 367 g/mol. The van der Waals surface area contributed by atoms with Gasteiger partial charge in [0.15, 0.2) is 5.13 Å². The van der Waals surface area contributed by atoms with Gasteiger partial charge in [0.2, 0.25) is 0 Å². The number of anilines is 2. The number of hydrogen-bond donors (Lipinski definition) is 1. The third-order valence-corrected chi connectivity index (χ3v) is 4.81. The topological polar surface area (TPSA) is 24.9 Å². The van der Waals surface area contributed by atoms with Gasteiger partial charge in [-0.1, -0.05) is 56.5 Å². The summed E-state index contributed by atoms with van der Waals surface area (Å²) in [6.45, 7) is 0. The van der Waals surface area contributed by atoms with E-state index >= 15 is 0 Å². The molecule has 0 aliphatic carbocycles. The first-order valence-corrected chi connectivity index (χ1v) is 7.77. The van der Waals surface area contributed by atoms with Crippen LogP contribution in [-0.2, 0) is 0 Å². The molecule has 0 saturated heterocycles. The molecule has 2 aromatic carbocycles. The van der Waals surface area contributed by atoms with Gasteiger partial charge in [0.1, 0.15) is 0 Å². The maximum Gasteiger partial charge on any atom is 0.188 e. The van der Waals surface area contributed by atoms with Gasteiger partial charge < -0.3 is 5.32 Å². The van der Waals surface area contributed by atoms with Crippen molar-refractivity contribution in [2.45, 2.75) is 0 Å². The third-order valence-electron chi connectivity index (χ3n) is 2.54. The monoisotopic (exact) mass is 372 g/mol. The molecule has 1 heterocycles. The fourth-order valence-electron chi connectivity index (χ4n) is 1.68. The Hall–Kier alpha value is -0.810. The van der Waals surface area contributed by atoms with Crippen LogP contribution in [0.4, 0.5) is 10.8 Å². The van der Waals surface area contributed by atoms with Gasteiger partial charge in [-0.05, 0) is 30.3 Å². The molecule has 3 rings (SSSR count). The maximum atomic E-state index is 6.14. The second-order valence-corrected chi connectivity index (χ2v) is 6.59. The molecular formula is C13H7BrCl2N2S. The maximum absolute atomic E-state index is 6.14. The molecule has 2 nitrogen and oxygen atoms in total. The van der Waals surface area contributed by atoms with Gasteiger partial charge in [0, 0.05) is 4.47 Å². The van der Waals surface area contributed by atoms with E-state index in [1.807, 2.05) is 36.4 Å². The van der Waals surface area contributed by atoms with Gasteiger partial charge >= 0.3 is 0 Å². The Morgan fingerprint density at radius 1 is 1.11 bits per heavy atom. The quantitative estimate of drug-likeness (QED) is 0.586. The highest BCUT2D eigenvalue weighted by atomic mass is 79.9. The second-order valence-electron chi connectivity index (χ2n) is 3.86. The van der Waals surface area contributed by atoms with Crippen molar-refractivity contribution in [3.05, 3.63) is 50.9 Å². The van der Waals surface area contributed by atoms with Gasteiger partial charge in [0.25, 0.3) is 0 Å². The lowest BCUT2D eigenvalue weighted by atomic mass is 10.3. The van der Waals surface area contributed by atoms with Crippen LogP contribution in [0.5, 0.6) is 0 Å². The first kappa shape index (κ1) is 13.2. The summed E-state index contributed by atoms with van der Waals surface area (Å²) >= 11 is 17.2. The predicted molar refractivity (Wildman–Crippen MR) is 87.1 cm³/mol. The van der Waals surface area contributed by atoms with E-state index < -0.39 is 0 Å². The fourth-order valence-corrected chi connectivity index (χ4v) is 3.37. The summed E-state index contributed by atoms with van der Waals surface area (Å²) in [4.78, 5) is 4.49. The normalized spacial score (nSPS) is 10.9. The van der Waals surface area contributed by atoms with Gasteiger partial charge in [-0.3, -0.25) is 0 Å². The zero-order valence-corrected chi connectivity index (χ0v) is 13.4. The van der Waals surface area contributed by atoms with E-state index in [-0.39, 0.29) is 0 Å². The molecule has 0 unspecified atom stereocenters. The van der Waals surface area contributed by atoms with Crippen LogP contribution in [0.15, 0.2) is 40.9 Å². The highest BCUT2D eigenvalue weighted by Gasteiger charge is 2.08. The van der Waals surface area contributed by atoms with Gasteiger partial charge in [0.05, 0.1) is 25.9 Å². The summed E-state index contributed by atoms with van der Waals surface area (Å²) in [5.74, 6) is 0. The Morgan fingerprint density at radius 2 is 1.95 bits per heavy atom. The molecule has 0 bridgehead atoms. The number of thiazole rings is 1. The molecule has 1 N–H and O–H groups in total. The minimum atomic E-state index is 0.647. The number of nitrogens with zero attached hydrogens (tertiary/aromatic N) is 1. The average molecular weight is 374 g/mol. The standard InChI is InChI=1S/C13H7BrCl2N2S/c14-7-4-5-8(15)11(6-7)18-13-17-10-3-1-2-9(16)12(10)19-13/h1-6H,(H,17,18). The predicted octanol–water partition coefficient (Wildman–Crippen LogP) is 6.11. The third kappa shape index (κ3) is 2.72. The largest absolute Gasteiger partial charge is 0.330 e. The average Bonchev–Trinajstić information content (AvgIpc) is 2.78. The summed E-state index contributed by atoms with van der Waals surface area (Å²) in [6, 6.07) is 11.3. The molecule has 0 amide bonds. The SMILES string of the molecule is Clc1ccc(Br)cc1Nc1nc2cccc(Cl)c2s1. The van der Waals surface area contributed by atoms with Crippen LogP contribution in [0.3, 0.4) is 0 Å². The Balaban J connectivity index is 2.01. The summed E-state index contributed by atoms with van der Waals surface area (Å²) < 4.78 is 1.93. The zero-order valence-electron chi connectivity index (χ0n) is 9.45. The summed E-state index contributed by atoms with van der Waals surface area (Å²) in [5.41, 5.74) is 1.69. The summed E-state index contributed by atoms with van der Waals surface area (Å²) in [7, 11) is 0. The first-order valence-electron chi connectivity index (χ1n) is 5.40. The van der Waals surface area contributed by atoms with Crippen molar-refractivity contribution in [2.75, 3.05) is 5.32 Å². The van der Waals surface area contributed by atoms with E-state index in [2.05, 4.69) is 26.2 Å². The summed E-state index contributed by atoms with van der Waals surface area (Å²) in [5, 5.41) is 5.34. The van der Waals surface area contributed by atoms with Crippen molar-refractivity contribution in [2.24, 2.45) is 0 Å². The van der Waals surface area contributed by atoms with Crippen LogP contribution in [0.1, 0.15) is 0 Å².